The second-order valence-electron chi connectivity index (χ2n) is 3.96. The molecule has 2 aromatic rings. The smallest absolute Gasteiger partial charge is 0.408 e. The number of ether oxygens (including phenoxy) is 1. The van der Waals surface area contributed by atoms with Crippen molar-refractivity contribution in [2.24, 2.45) is 0 Å². The van der Waals surface area contributed by atoms with Crippen LogP contribution in [0.4, 0.5) is 18.9 Å². The number of aromatic nitrogens is 4. The van der Waals surface area contributed by atoms with Gasteiger partial charge in [-0.1, -0.05) is 0 Å². The number of hydrogen-bond donors (Lipinski definition) is 1. The van der Waals surface area contributed by atoms with Crippen molar-refractivity contribution < 1.29 is 17.9 Å². The monoisotopic (exact) mass is 287 g/mol. The van der Waals surface area contributed by atoms with Gasteiger partial charge in [0.15, 0.2) is 5.82 Å². The molecule has 9 heteroatoms. The molecule has 20 heavy (non-hydrogen) atoms. The molecule has 1 aromatic heterocycles. The number of nitrogen functional groups attached to an aromatic ring is 1. The van der Waals surface area contributed by atoms with Crippen molar-refractivity contribution >= 4 is 5.69 Å². The highest BCUT2D eigenvalue weighted by Gasteiger charge is 2.30. The quantitative estimate of drug-likeness (QED) is 0.869. The first-order valence-electron chi connectivity index (χ1n) is 5.76. The molecule has 2 N–H and O–H groups in total. The number of halogens is 3. The van der Waals surface area contributed by atoms with Crippen LogP contribution in [0.15, 0.2) is 18.2 Å². The Labute approximate surface area is 112 Å². The number of rotatable bonds is 4. The van der Waals surface area contributed by atoms with Crippen molar-refractivity contribution in [2.45, 2.75) is 19.6 Å². The third-order valence-corrected chi connectivity index (χ3v) is 2.43. The molecule has 108 valence electrons. The molecule has 1 aromatic carbocycles. The summed E-state index contributed by atoms with van der Waals surface area (Å²) in [5.74, 6) is 0.461. The fourth-order valence-corrected chi connectivity index (χ4v) is 1.66. The maximum Gasteiger partial charge on any atom is 0.408 e. The molecule has 0 radical (unpaired) electrons. The zero-order chi connectivity index (χ0) is 14.8. The van der Waals surface area contributed by atoms with Gasteiger partial charge in [-0.05, 0) is 35.5 Å². The van der Waals surface area contributed by atoms with Crippen LogP contribution in [0.1, 0.15) is 6.92 Å². The normalized spacial score (nSPS) is 11.6. The molecule has 0 aliphatic carbocycles. The van der Waals surface area contributed by atoms with E-state index >= 15 is 0 Å². The van der Waals surface area contributed by atoms with Gasteiger partial charge in [-0.3, -0.25) is 0 Å². The van der Waals surface area contributed by atoms with E-state index in [1.165, 1.54) is 6.07 Å². The molecule has 0 saturated heterocycles. The van der Waals surface area contributed by atoms with Gasteiger partial charge in [0.1, 0.15) is 12.3 Å². The minimum atomic E-state index is -4.40. The second-order valence-corrected chi connectivity index (χ2v) is 3.96. The van der Waals surface area contributed by atoms with Crippen molar-refractivity contribution in [3.63, 3.8) is 0 Å². The summed E-state index contributed by atoms with van der Waals surface area (Å²) in [6.07, 6.45) is -4.40. The maximum atomic E-state index is 12.4. The molecular weight excluding hydrogens is 275 g/mol. The van der Waals surface area contributed by atoms with Gasteiger partial charge in [0.05, 0.1) is 12.3 Å². The third kappa shape index (κ3) is 3.16. The zero-order valence-electron chi connectivity index (χ0n) is 10.6. The number of anilines is 1. The molecule has 0 aliphatic rings. The Hall–Kier alpha value is -2.32. The molecule has 0 bridgehead atoms. The van der Waals surface area contributed by atoms with E-state index < -0.39 is 12.7 Å². The highest BCUT2D eigenvalue weighted by Crippen LogP contribution is 2.28. The van der Waals surface area contributed by atoms with Crippen LogP contribution in [0, 0.1) is 0 Å². The predicted octanol–water partition coefficient (Wildman–Crippen LogP) is 1.88. The molecule has 6 nitrogen and oxygen atoms in total. The van der Waals surface area contributed by atoms with Gasteiger partial charge in [0, 0.05) is 5.56 Å². The third-order valence-electron chi connectivity index (χ3n) is 2.43. The van der Waals surface area contributed by atoms with E-state index in [0.29, 0.717) is 28.3 Å². The van der Waals surface area contributed by atoms with Crippen LogP contribution < -0.4 is 10.5 Å². The van der Waals surface area contributed by atoms with Gasteiger partial charge >= 0.3 is 6.18 Å². The fraction of sp³-hybridized carbons (Fsp3) is 0.364. The van der Waals surface area contributed by atoms with E-state index in [1.54, 1.807) is 19.1 Å². The Morgan fingerprint density at radius 2 is 2.10 bits per heavy atom. The highest BCUT2D eigenvalue weighted by atomic mass is 19.4. The number of hydrogen-bond acceptors (Lipinski definition) is 5. The molecule has 0 unspecified atom stereocenters. The molecule has 0 spiro atoms. The molecule has 0 atom stereocenters. The summed E-state index contributed by atoms with van der Waals surface area (Å²) in [4.78, 5) is 0. The Balaban J connectivity index is 2.33. The summed E-state index contributed by atoms with van der Waals surface area (Å²) < 4.78 is 43.1. The molecule has 0 aliphatic heterocycles. The topological polar surface area (TPSA) is 78.9 Å². The number of benzene rings is 1. The lowest BCUT2D eigenvalue weighted by molar-refractivity contribution is -0.142. The van der Waals surface area contributed by atoms with E-state index in [-0.39, 0.29) is 5.82 Å². The van der Waals surface area contributed by atoms with E-state index in [2.05, 4.69) is 15.5 Å². The van der Waals surface area contributed by atoms with Gasteiger partial charge < -0.3 is 10.5 Å². The van der Waals surface area contributed by atoms with Gasteiger partial charge in [-0.15, -0.1) is 5.10 Å². The lowest BCUT2D eigenvalue weighted by atomic mass is 10.2. The van der Waals surface area contributed by atoms with E-state index in [1.807, 2.05) is 0 Å². The molecular formula is C11H12F3N5O. The second kappa shape index (κ2) is 5.35. The minimum absolute atomic E-state index is 0.00271. The van der Waals surface area contributed by atoms with E-state index in [0.717, 1.165) is 0 Å². The van der Waals surface area contributed by atoms with E-state index in [9.17, 15) is 13.2 Å². The molecule has 0 amide bonds. The Bertz CT molecular complexity index is 596. The lowest BCUT2D eigenvalue weighted by Crippen LogP contribution is -2.19. The average molecular weight is 287 g/mol. The van der Waals surface area contributed by atoms with E-state index in [4.69, 9.17) is 10.5 Å². The first-order chi connectivity index (χ1) is 9.40. The fourth-order valence-electron chi connectivity index (χ4n) is 1.66. The SMILES string of the molecule is CCOc1ccc(-c2nnnn2CC(F)(F)F)cc1N. The number of alkyl halides is 3. The Morgan fingerprint density at radius 3 is 2.70 bits per heavy atom. The first-order valence-corrected chi connectivity index (χ1v) is 5.76. The summed E-state index contributed by atoms with van der Waals surface area (Å²) >= 11 is 0. The van der Waals surface area contributed by atoms with Crippen LogP contribution >= 0.6 is 0 Å². The van der Waals surface area contributed by atoms with Crippen molar-refractivity contribution in [3.05, 3.63) is 18.2 Å². The largest absolute Gasteiger partial charge is 0.492 e. The van der Waals surface area contributed by atoms with Crippen molar-refractivity contribution in [1.82, 2.24) is 20.2 Å². The van der Waals surface area contributed by atoms with Crippen LogP contribution in [0.5, 0.6) is 5.75 Å². The minimum Gasteiger partial charge on any atom is -0.492 e. The summed E-state index contributed by atoms with van der Waals surface area (Å²) in [7, 11) is 0. The van der Waals surface area contributed by atoms with Gasteiger partial charge in [-0.2, -0.15) is 13.2 Å². The number of nitrogens with zero attached hydrogens (tertiary/aromatic N) is 4. The van der Waals surface area contributed by atoms with Crippen molar-refractivity contribution in [3.8, 4) is 17.1 Å². The highest BCUT2D eigenvalue weighted by molar-refractivity contribution is 5.66. The average Bonchev–Trinajstić information content (AvgIpc) is 2.77. The zero-order valence-corrected chi connectivity index (χ0v) is 10.6. The van der Waals surface area contributed by atoms with Crippen LogP contribution in [-0.4, -0.2) is 33.0 Å². The summed E-state index contributed by atoms with van der Waals surface area (Å²) in [6.45, 7) is 0.981. The number of tetrazole rings is 1. The van der Waals surface area contributed by atoms with Gasteiger partial charge in [-0.25, -0.2) is 4.68 Å². The molecule has 2 rings (SSSR count). The van der Waals surface area contributed by atoms with Crippen LogP contribution in [-0.2, 0) is 6.54 Å². The molecule has 1 heterocycles. The molecule has 0 fully saturated rings. The summed E-state index contributed by atoms with van der Waals surface area (Å²) in [5, 5.41) is 10.2. The molecule has 0 saturated carbocycles. The maximum absolute atomic E-state index is 12.4. The van der Waals surface area contributed by atoms with Gasteiger partial charge in [0.25, 0.3) is 0 Å². The van der Waals surface area contributed by atoms with Gasteiger partial charge in [0.2, 0.25) is 0 Å². The first kappa shape index (κ1) is 14.1. The summed E-state index contributed by atoms with van der Waals surface area (Å²) in [6, 6.07) is 4.60. The Kier molecular flexibility index (Phi) is 3.77. The lowest BCUT2D eigenvalue weighted by Gasteiger charge is -2.10. The Morgan fingerprint density at radius 1 is 1.35 bits per heavy atom. The summed E-state index contributed by atoms with van der Waals surface area (Å²) in [5.41, 5.74) is 6.47. The van der Waals surface area contributed by atoms with Crippen molar-refractivity contribution in [1.29, 1.82) is 0 Å². The van der Waals surface area contributed by atoms with Crippen molar-refractivity contribution in [2.75, 3.05) is 12.3 Å². The number of nitrogens with two attached hydrogens (primary N) is 1. The predicted molar refractivity (Wildman–Crippen MR) is 64.9 cm³/mol. The van der Waals surface area contributed by atoms with Crippen LogP contribution in [0.25, 0.3) is 11.4 Å². The van der Waals surface area contributed by atoms with Crippen LogP contribution in [0.2, 0.25) is 0 Å². The van der Waals surface area contributed by atoms with Crippen LogP contribution in [0.3, 0.4) is 0 Å². The standard InChI is InChI=1S/C11H12F3N5O/c1-2-20-9-4-3-7(5-8(9)15)10-16-17-18-19(10)6-11(12,13)14/h3-5H,2,6,15H2,1H3.